The molecule has 0 aromatic heterocycles. The molecule has 0 saturated carbocycles. The van der Waals surface area contributed by atoms with Gasteiger partial charge in [0, 0.05) is 18.7 Å². The molecule has 2 fully saturated rings. The molecule has 174 valence electrons. The van der Waals surface area contributed by atoms with Gasteiger partial charge in [-0.15, -0.1) is 0 Å². The Morgan fingerprint density at radius 3 is 2.29 bits per heavy atom. The number of amides is 3. The van der Waals surface area contributed by atoms with Crippen LogP contribution in [0.1, 0.15) is 25.3 Å². The molecule has 3 aliphatic rings. The number of ether oxygens (including phenoxy) is 1. The lowest BCUT2D eigenvalue weighted by Gasteiger charge is -2.22. The van der Waals surface area contributed by atoms with Crippen LogP contribution in [0.2, 0.25) is 0 Å². The predicted octanol–water partition coefficient (Wildman–Crippen LogP) is 3.66. The van der Waals surface area contributed by atoms with Crippen LogP contribution in [0.3, 0.4) is 0 Å². The number of carbonyl (C=O) groups is 4. The van der Waals surface area contributed by atoms with Crippen LogP contribution >= 0.6 is 0 Å². The minimum Gasteiger partial charge on any atom is -0.426 e. The third-order valence-electron chi connectivity index (χ3n) is 6.99. The Kier molecular flexibility index (Phi) is 5.55. The second kappa shape index (κ2) is 8.56. The van der Waals surface area contributed by atoms with Crippen LogP contribution < -0.4 is 14.5 Å². The summed E-state index contributed by atoms with van der Waals surface area (Å²) in [5.74, 6) is -1.84. The molecule has 0 bridgehead atoms. The summed E-state index contributed by atoms with van der Waals surface area (Å²) >= 11 is 0. The number of hydrogen-bond donors (Lipinski definition) is 0. The lowest BCUT2D eigenvalue weighted by Crippen LogP contribution is -2.31. The van der Waals surface area contributed by atoms with Crippen LogP contribution in [0.4, 0.5) is 11.4 Å². The van der Waals surface area contributed by atoms with Crippen molar-refractivity contribution in [3.05, 3.63) is 66.2 Å². The number of imide groups is 1. The number of carbonyl (C=O) groups excluding carboxylic acids is 4. The molecule has 5 rings (SSSR count). The van der Waals surface area contributed by atoms with E-state index in [2.05, 4.69) is 0 Å². The molecule has 7 heteroatoms. The summed E-state index contributed by atoms with van der Waals surface area (Å²) in [7, 11) is 0. The van der Waals surface area contributed by atoms with Gasteiger partial charge in [0.25, 0.3) is 0 Å². The summed E-state index contributed by atoms with van der Waals surface area (Å²) < 4.78 is 5.52. The number of esters is 1. The molecular weight excluding hydrogens is 432 g/mol. The molecule has 4 atom stereocenters. The van der Waals surface area contributed by atoms with Crippen molar-refractivity contribution in [2.45, 2.75) is 26.7 Å². The molecule has 0 spiro atoms. The van der Waals surface area contributed by atoms with Crippen LogP contribution in [-0.2, 0) is 19.2 Å². The molecule has 2 saturated heterocycles. The minimum atomic E-state index is -0.563. The summed E-state index contributed by atoms with van der Waals surface area (Å²) in [6.45, 7) is 4.20. The first-order valence-electron chi connectivity index (χ1n) is 11.6. The normalized spacial score (nSPS) is 26.2. The van der Waals surface area contributed by atoms with Gasteiger partial charge >= 0.3 is 5.97 Å². The maximum absolute atomic E-state index is 12.9. The fraction of sp³-hybridized carbons (Fsp3) is 0.333. The van der Waals surface area contributed by atoms with Crippen LogP contribution in [0.25, 0.3) is 0 Å². The Balaban J connectivity index is 1.25. The third-order valence-corrected chi connectivity index (χ3v) is 6.99. The lowest BCUT2D eigenvalue weighted by molar-refractivity contribution is -0.139. The molecule has 0 N–H and O–H groups in total. The molecule has 3 amide bonds. The number of aryl methyl sites for hydroxylation is 1. The summed E-state index contributed by atoms with van der Waals surface area (Å²) in [4.78, 5) is 53.8. The number of anilines is 2. The number of hydrogen-bond acceptors (Lipinski definition) is 5. The second-order valence-corrected chi connectivity index (χ2v) is 9.32. The van der Waals surface area contributed by atoms with E-state index < -0.39 is 11.9 Å². The maximum Gasteiger partial charge on any atom is 0.316 e. The lowest BCUT2D eigenvalue weighted by atomic mass is 9.78. The van der Waals surface area contributed by atoms with E-state index in [0.717, 1.165) is 11.3 Å². The zero-order chi connectivity index (χ0) is 24.0. The van der Waals surface area contributed by atoms with Gasteiger partial charge in [-0.3, -0.25) is 24.1 Å². The van der Waals surface area contributed by atoms with E-state index in [-0.39, 0.29) is 48.4 Å². The highest BCUT2D eigenvalue weighted by Crippen LogP contribution is 2.40. The monoisotopic (exact) mass is 458 g/mol. The smallest absolute Gasteiger partial charge is 0.316 e. The SMILES string of the molecule is Cc1ccc(N2C[C@@H](C(=O)Oc3ccc(N4C(=O)[C@H]5[C@H](C)C=CC[C@H]5C4=O)cc3)CC2=O)cc1. The van der Waals surface area contributed by atoms with E-state index in [1.807, 2.05) is 50.3 Å². The largest absolute Gasteiger partial charge is 0.426 e. The van der Waals surface area contributed by atoms with Crippen LogP contribution in [0.5, 0.6) is 5.75 Å². The zero-order valence-electron chi connectivity index (χ0n) is 19.1. The van der Waals surface area contributed by atoms with Crippen molar-refractivity contribution >= 4 is 35.1 Å². The van der Waals surface area contributed by atoms with Crippen molar-refractivity contribution < 1.29 is 23.9 Å². The highest BCUT2D eigenvalue weighted by Gasteiger charge is 2.50. The van der Waals surface area contributed by atoms with Gasteiger partial charge in [0.15, 0.2) is 0 Å². The number of fused-ring (bicyclic) bond motifs is 1. The first-order chi connectivity index (χ1) is 16.3. The fourth-order valence-electron chi connectivity index (χ4n) is 5.10. The minimum absolute atomic E-state index is 0.0222. The number of rotatable bonds is 4. The average Bonchev–Trinajstić information content (AvgIpc) is 3.33. The zero-order valence-corrected chi connectivity index (χ0v) is 19.1. The van der Waals surface area contributed by atoms with Gasteiger partial charge in [-0.1, -0.05) is 36.8 Å². The number of nitrogens with zero attached hydrogens (tertiary/aromatic N) is 2. The summed E-state index contributed by atoms with van der Waals surface area (Å²) in [5.41, 5.74) is 2.33. The highest BCUT2D eigenvalue weighted by atomic mass is 16.5. The van der Waals surface area contributed by atoms with Gasteiger partial charge in [-0.2, -0.15) is 0 Å². The van der Waals surface area contributed by atoms with Gasteiger partial charge < -0.3 is 9.64 Å². The van der Waals surface area contributed by atoms with E-state index in [4.69, 9.17) is 4.74 Å². The molecule has 7 nitrogen and oxygen atoms in total. The standard InChI is InChI=1S/C27H26N2O5/c1-16-6-8-19(9-7-16)28-15-18(14-23(28)30)27(33)34-21-12-10-20(11-13-21)29-25(31)22-5-3-4-17(2)24(22)26(29)32/h3-4,6-13,17-18,22,24H,5,14-15H2,1-2H3/t17-,18+,22-,24+/m1/s1. The van der Waals surface area contributed by atoms with Crippen molar-refractivity contribution in [1.82, 2.24) is 0 Å². The predicted molar refractivity (Wildman–Crippen MR) is 126 cm³/mol. The van der Waals surface area contributed by atoms with E-state index >= 15 is 0 Å². The average molecular weight is 459 g/mol. The molecule has 1 aliphatic carbocycles. The van der Waals surface area contributed by atoms with Gasteiger partial charge in [0.2, 0.25) is 17.7 Å². The fourth-order valence-corrected chi connectivity index (χ4v) is 5.10. The van der Waals surface area contributed by atoms with Crippen LogP contribution in [-0.4, -0.2) is 30.2 Å². The molecule has 2 aromatic carbocycles. The summed E-state index contributed by atoms with van der Waals surface area (Å²) in [6, 6.07) is 14.0. The van der Waals surface area contributed by atoms with E-state index in [9.17, 15) is 19.2 Å². The van der Waals surface area contributed by atoms with Crippen LogP contribution in [0, 0.1) is 30.6 Å². The Morgan fingerprint density at radius 1 is 0.941 bits per heavy atom. The molecule has 34 heavy (non-hydrogen) atoms. The molecule has 0 unspecified atom stereocenters. The quantitative estimate of drug-likeness (QED) is 0.302. The molecule has 0 radical (unpaired) electrons. The van der Waals surface area contributed by atoms with Gasteiger partial charge in [-0.25, -0.2) is 0 Å². The maximum atomic E-state index is 12.9. The third kappa shape index (κ3) is 3.81. The van der Waals surface area contributed by atoms with E-state index in [1.165, 1.54) is 4.90 Å². The van der Waals surface area contributed by atoms with Crippen molar-refractivity contribution in [3.8, 4) is 5.75 Å². The van der Waals surface area contributed by atoms with Crippen molar-refractivity contribution in [2.75, 3.05) is 16.3 Å². The first-order valence-corrected chi connectivity index (χ1v) is 11.6. The Bertz CT molecular complexity index is 1180. The van der Waals surface area contributed by atoms with Gasteiger partial charge in [-0.05, 0) is 55.7 Å². The molecular formula is C27H26N2O5. The van der Waals surface area contributed by atoms with Crippen molar-refractivity contribution in [1.29, 1.82) is 0 Å². The summed E-state index contributed by atoms with van der Waals surface area (Å²) in [6.07, 6.45) is 4.63. The van der Waals surface area contributed by atoms with Crippen molar-refractivity contribution in [3.63, 3.8) is 0 Å². The Labute approximate surface area is 198 Å². The molecule has 2 aliphatic heterocycles. The number of allylic oxidation sites excluding steroid dienone is 2. The van der Waals surface area contributed by atoms with Crippen molar-refractivity contribution in [2.24, 2.45) is 23.7 Å². The van der Waals surface area contributed by atoms with E-state index in [1.54, 1.807) is 29.2 Å². The Hall–Kier alpha value is -3.74. The topological polar surface area (TPSA) is 84.0 Å². The number of benzene rings is 2. The first kappa shape index (κ1) is 22.1. The second-order valence-electron chi connectivity index (χ2n) is 9.32. The van der Waals surface area contributed by atoms with Gasteiger partial charge in [0.05, 0.1) is 23.4 Å². The summed E-state index contributed by atoms with van der Waals surface area (Å²) in [5, 5.41) is 0. The molecule has 2 heterocycles. The van der Waals surface area contributed by atoms with Crippen LogP contribution in [0.15, 0.2) is 60.7 Å². The van der Waals surface area contributed by atoms with E-state index in [0.29, 0.717) is 17.9 Å². The van der Waals surface area contributed by atoms with Gasteiger partial charge in [0.1, 0.15) is 5.75 Å². The highest BCUT2D eigenvalue weighted by molar-refractivity contribution is 6.22. The molecule has 2 aromatic rings. The Morgan fingerprint density at radius 2 is 1.62 bits per heavy atom.